The second kappa shape index (κ2) is 8.40. The number of hydrogen-bond donors (Lipinski definition) is 0. The Bertz CT molecular complexity index is 1740. The minimum absolute atomic E-state index is 0.112. The number of ketones is 1. The Kier molecular flexibility index (Phi) is 4.89. The summed E-state index contributed by atoms with van der Waals surface area (Å²) in [6.45, 7) is 0.665. The smallest absolute Gasteiger partial charge is 0.167 e. The van der Waals surface area contributed by atoms with Gasteiger partial charge in [0.25, 0.3) is 0 Å². The van der Waals surface area contributed by atoms with Crippen molar-refractivity contribution in [1.29, 1.82) is 0 Å². The molecule has 0 N–H and O–H groups in total. The van der Waals surface area contributed by atoms with Crippen LogP contribution in [-0.2, 0) is 13.0 Å². The molecule has 6 aromatic rings. The number of imidazole rings is 1. The lowest BCUT2D eigenvalue weighted by atomic mass is 9.94. The summed E-state index contributed by atoms with van der Waals surface area (Å²) in [6.07, 6.45) is 6.27. The quantitative estimate of drug-likeness (QED) is 0.243. The molecule has 1 aliphatic heterocycles. The van der Waals surface area contributed by atoms with Crippen LogP contribution in [0.4, 0.5) is 0 Å². The first-order valence-corrected chi connectivity index (χ1v) is 12.7. The van der Waals surface area contributed by atoms with Crippen LogP contribution in [-0.4, -0.2) is 21.4 Å². The summed E-state index contributed by atoms with van der Waals surface area (Å²) in [4.78, 5) is 23.8. The van der Waals surface area contributed by atoms with Crippen molar-refractivity contribution in [1.82, 2.24) is 9.38 Å². The topological polar surface area (TPSA) is 46.7 Å². The molecule has 0 amide bonds. The monoisotopic (exact) mass is 483 g/mol. The number of fused-ring (bicyclic) bond motifs is 3. The van der Waals surface area contributed by atoms with Crippen molar-refractivity contribution >= 4 is 39.1 Å². The van der Waals surface area contributed by atoms with Gasteiger partial charge in [-0.25, -0.2) is 4.98 Å². The number of thiophene rings is 1. The minimum atomic E-state index is 0.112. The largest absolute Gasteiger partial charge is 0.306 e. The number of hydrogen-bond acceptors (Lipinski definition) is 4. The van der Waals surface area contributed by atoms with Crippen LogP contribution in [0.15, 0.2) is 102 Å². The van der Waals surface area contributed by atoms with Crippen molar-refractivity contribution < 1.29 is 4.79 Å². The molecular weight excluding hydrogens is 462 g/mol. The van der Waals surface area contributed by atoms with Crippen molar-refractivity contribution in [3.8, 4) is 21.7 Å². The van der Waals surface area contributed by atoms with Gasteiger partial charge < -0.3 is 4.40 Å². The number of carbonyl (C=O) groups excluding carboxylic acids is 1. The third kappa shape index (κ3) is 3.65. The number of aromatic nitrogens is 2. The zero-order valence-electron chi connectivity index (χ0n) is 19.4. The fourth-order valence-electron chi connectivity index (χ4n) is 4.87. The van der Waals surface area contributed by atoms with Gasteiger partial charge in [0.15, 0.2) is 5.78 Å². The van der Waals surface area contributed by atoms with E-state index in [1.807, 2.05) is 71.5 Å². The molecule has 4 nitrogen and oxygen atoms in total. The van der Waals surface area contributed by atoms with Crippen LogP contribution in [0.3, 0.4) is 0 Å². The van der Waals surface area contributed by atoms with Crippen LogP contribution in [0.5, 0.6) is 0 Å². The van der Waals surface area contributed by atoms with Crippen molar-refractivity contribution in [3.63, 3.8) is 0 Å². The van der Waals surface area contributed by atoms with Gasteiger partial charge in [-0.15, -0.1) is 11.3 Å². The van der Waals surface area contributed by atoms with E-state index in [1.165, 1.54) is 20.5 Å². The first-order valence-electron chi connectivity index (χ1n) is 11.9. The van der Waals surface area contributed by atoms with E-state index in [9.17, 15) is 4.79 Å². The zero-order chi connectivity index (χ0) is 24.1. The van der Waals surface area contributed by atoms with Crippen molar-refractivity contribution in [2.45, 2.75) is 13.0 Å². The Hall–Kier alpha value is -4.35. The summed E-state index contributed by atoms with van der Waals surface area (Å²) in [5.74, 6) is 0.112. The third-order valence-electron chi connectivity index (χ3n) is 6.76. The van der Waals surface area contributed by atoms with Crippen LogP contribution in [0.25, 0.3) is 37.4 Å². The molecule has 0 saturated heterocycles. The summed E-state index contributed by atoms with van der Waals surface area (Å²) in [5, 5.41) is 1.23. The summed E-state index contributed by atoms with van der Waals surface area (Å²) < 4.78 is 3.26. The summed E-state index contributed by atoms with van der Waals surface area (Å²) in [5.41, 5.74) is 7.98. The highest BCUT2D eigenvalue weighted by Crippen LogP contribution is 2.38. The number of nitrogens with zero attached hydrogens (tertiary/aromatic N) is 3. The maximum absolute atomic E-state index is 13.4. The average molecular weight is 484 g/mol. The summed E-state index contributed by atoms with van der Waals surface area (Å²) in [6, 6.07) is 28.8. The maximum Gasteiger partial charge on any atom is 0.167 e. The van der Waals surface area contributed by atoms with Crippen LogP contribution in [0, 0.1) is 0 Å². The van der Waals surface area contributed by atoms with E-state index in [0.717, 1.165) is 39.2 Å². The Morgan fingerprint density at radius 2 is 1.81 bits per heavy atom. The molecule has 0 unspecified atom stereocenters. The zero-order valence-corrected chi connectivity index (χ0v) is 20.2. The van der Waals surface area contributed by atoms with Gasteiger partial charge in [0.2, 0.25) is 0 Å². The van der Waals surface area contributed by atoms with Crippen molar-refractivity contribution in [3.05, 3.63) is 120 Å². The SMILES string of the molecule is O=C(Cc1ccc(-c2cn3ccccc3n2)cc1)c1cc2c(c(-c3cc4ccccc4s3)c1)CN=C2. The molecule has 0 aliphatic carbocycles. The molecular formula is C31H21N3OS. The molecule has 4 heterocycles. The predicted octanol–water partition coefficient (Wildman–Crippen LogP) is 7.24. The molecule has 0 atom stereocenters. The van der Waals surface area contributed by atoms with E-state index in [1.54, 1.807) is 11.3 Å². The molecule has 0 bridgehead atoms. The molecule has 3 aromatic carbocycles. The maximum atomic E-state index is 13.4. The molecule has 5 heteroatoms. The minimum Gasteiger partial charge on any atom is -0.306 e. The van der Waals surface area contributed by atoms with Crippen LogP contribution >= 0.6 is 11.3 Å². The molecule has 172 valence electrons. The molecule has 3 aromatic heterocycles. The van der Waals surface area contributed by atoms with Gasteiger partial charge in [-0.05, 0) is 64.0 Å². The number of rotatable bonds is 5. The lowest BCUT2D eigenvalue weighted by Crippen LogP contribution is -2.05. The normalized spacial score (nSPS) is 12.4. The number of Topliss-reactive ketones (excluding diaryl/α,β-unsaturated/α-hetero) is 1. The summed E-state index contributed by atoms with van der Waals surface area (Å²) >= 11 is 1.77. The molecule has 7 rings (SSSR count). The van der Waals surface area contributed by atoms with Gasteiger partial charge in [-0.3, -0.25) is 9.79 Å². The fourth-order valence-corrected chi connectivity index (χ4v) is 5.98. The average Bonchev–Trinajstić information content (AvgIpc) is 3.66. The Morgan fingerprint density at radius 1 is 0.944 bits per heavy atom. The Labute approximate surface area is 212 Å². The van der Waals surface area contributed by atoms with Crippen LogP contribution in [0.1, 0.15) is 27.0 Å². The van der Waals surface area contributed by atoms with E-state index in [2.05, 4.69) is 41.4 Å². The molecule has 0 saturated carbocycles. The first-order chi connectivity index (χ1) is 17.7. The predicted molar refractivity (Wildman–Crippen MR) is 147 cm³/mol. The van der Waals surface area contributed by atoms with Crippen molar-refractivity contribution in [2.24, 2.45) is 4.99 Å². The van der Waals surface area contributed by atoms with Gasteiger partial charge in [-0.2, -0.15) is 0 Å². The first kappa shape index (κ1) is 21.0. The third-order valence-corrected chi connectivity index (χ3v) is 7.90. The van der Waals surface area contributed by atoms with Gasteiger partial charge in [-0.1, -0.05) is 48.5 Å². The molecule has 36 heavy (non-hydrogen) atoms. The van der Waals surface area contributed by atoms with E-state index < -0.39 is 0 Å². The highest BCUT2D eigenvalue weighted by molar-refractivity contribution is 7.22. The number of carbonyl (C=O) groups is 1. The molecule has 0 radical (unpaired) electrons. The van der Waals surface area contributed by atoms with Gasteiger partial charge in [0.05, 0.1) is 12.2 Å². The Balaban J connectivity index is 1.18. The van der Waals surface area contributed by atoms with Gasteiger partial charge in [0.1, 0.15) is 5.65 Å². The fraction of sp³-hybridized carbons (Fsp3) is 0.0645. The molecule has 1 aliphatic rings. The standard InChI is InChI=1S/C31H21N3OS/c35-28(13-20-8-10-21(11-9-20)27-19-34-12-4-3-7-31(34)33-27)23-14-24-17-32-18-26(24)25(15-23)30-16-22-5-1-2-6-29(22)36-30/h1-12,14-17,19H,13,18H2. The van der Waals surface area contributed by atoms with Gasteiger partial charge in [0, 0.05) is 45.7 Å². The van der Waals surface area contributed by atoms with E-state index in [-0.39, 0.29) is 5.78 Å². The summed E-state index contributed by atoms with van der Waals surface area (Å²) in [7, 11) is 0. The van der Waals surface area contributed by atoms with E-state index >= 15 is 0 Å². The van der Waals surface area contributed by atoms with Crippen molar-refractivity contribution in [2.75, 3.05) is 0 Å². The highest BCUT2D eigenvalue weighted by atomic mass is 32.1. The lowest BCUT2D eigenvalue weighted by molar-refractivity contribution is 0.0993. The highest BCUT2D eigenvalue weighted by Gasteiger charge is 2.19. The molecule has 0 fully saturated rings. The Morgan fingerprint density at radius 3 is 2.67 bits per heavy atom. The number of aliphatic imine (C=N–C) groups is 1. The van der Waals surface area contributed by atoms with Gasteiger partial charge >= 0.3 is 0 Å². The molecule has 0 spiro atoms. The lowest BCUT2D eigenvalue weighted by Gasteiger charge is -2.10. The van der Waals surface area contributed by atoms with Crippen LogP contribution < -0.4 is 0 Å². The van der Waals surface area contributed by atoms with E-state index in [0.29, 0.717) is 13.0 Å². The second-order valence-electron chi connectivity index (χ2n) is 9.10. The number of benzene rings is 3. The van der Waals surface area contributed by atoms with E-state index in [4.69, 9.17) is 4.98 Å². The second-order valence-corrected chi connectivity index (χ2v) is 10.2. The number of pyridine rings is 1. The van der Waals surface area contributed by atoms with Crippen LogP contribution in [0.2, 0.25) is 0 Å².